The van der Waals surface area contributed by atoms with Gasteiger partial charge in [-0.25, -0.2) is 0 Å². The number of hydrogen-bond donors (Lipinski definition) is 1. The molecule has 0 aromatic heterocycles. The quantitative estimate of drug-likeness (QED) is 0.603. The van der Waals surface area contributed by atoms with Crippen LogP contribution in [-0.4, -0.2) is 84.8 Å². The number of nitrogens with zero attached hydrogens (tertiary/aromatic N) is 3. The van der Waals surface area contributed by atoms with Crippen molar-refractivity contribution < 1.29 is 14.4 Å². The number of carbonyl (C=O) groups is 3. The summed E-state index contributed by atoms with van der Waals surface area (Å²) in [6.45, 7) is 7.41. The molecule has 0 atom stereocenters. The fourth-order valence-electron chi connectivity index (χ4n) is 4.08. The summed E-state index contributed by atoms with van der Waals surface area (Å²) < 4.78 is 0. The first-order chi connectivity index (χ1) is 13.5. The second kappa shape index (κ2) is 12.0. The molecular weight excluding hydrogens is 356 g/mol. The van der Waals surface area contributed by atoms with Gasteiger partial charge in [0.1, 0.15) is 0 Å². The maximum Gasteiger partial charge on any atom is 0.223 e. The predicted molar refractivity (Wildman–Crippen MR) is 110 cm³/mol. The molecule has 160 valence electrons. The zero-order chi connectivity index (χ0) is 20.4. The Kier molecular flexibility index (Phi) is 9.75. The first-order valence-electron chi connectivity index (χ1n) is 11.0. The Morgan fingerprint density at radius 2 is 1.86 bits per heavy atom. The summed E-state index contributed by atoms with van der Waals surface area (Å²) in [5.74, 6) is 0.215. The largest absolute Gasteiger partial charge is 0.356 e. The van der Waals surface area contributed by atoms with Gasteiger partial charge in [0, 0.05) is 65.1 Å². The minimum Gasteiger partial charge on any atom is -0.356 e. The molecule has 0 unspecified atom stereocenters. The first kappa shape index (κ1) is 22.7. The van der Waals surface area contributed by atoms with Gasteiger partial charge in [-0.3, -0.25) is 14.4 Å². The fraction of sp³-hybridized carbons (Fsp3) is 0.857. The van der Waals surface area contributed by atoms with Gasteiger partial charge in [-0.2, -0.15) is 0 Å². The lowest BCUT2D eigenvalue weighted by atomic mass is 10.0. The van der Waals surface area contributed by atoms with Crippen LogP contribution in [-0.2, 0) is 14.4 Å². The normalized spacial score (nSPS) is 19.4. The van der Waals surface area contributed by atoms with Crippen LogP contribution in [0, 0.1) is 0 Å². The van der Waals surface area contributed by atoms with Crippen molar-refractivity contribution in [2.24, 2.45) is 0 Å². The third kappa shape index (κ3) is 7.41. The Hall–Kier alpha value is -1.63. The van der Waals surface area contributed by atoms with Gasteiger partial charge in [-0.1, -0.05) is 13.3 Å². The molecule has 2 saturated heterocycles. The van der Waals surface area contributed by atoms with Crippen LogP contribution < -0.4 is 5.32 Å². The molecule has 2 rings (SSSR count). The molecule has 2 aliphatic rings. The zero-order valence-electron chi connectivity index (χ0n) is 17.8. The summed E-state index contributed by atoms with van der Waals surface area (Å²) >= 11 is 0. The average molecular weight is 395 g/mol. The van der Waals surface area contributed by atoms with E-state index in [1.165, 1.54) is 0 Å². The van der Waals surface area contributed by atoms with Crippen molar-refractivity contribution in [3.63, 3.8) is 0 Å². The van der Waals surface area contributed by atoms with Crippen LogP contribution in [0.4, 0.5) is 0 Å². The predicted octanol–water partition coefficient (Wildman–Crippen LogP) is 1.62. The van der Waals surface area contributed by atoms with Crippen molar-refractivity contribution in [3.05, 3.63) is 0 Å². The van der Waals surface area contributed by atoms with Gasteiger partial charge < -0.3 is 20.0 Å². The topological polar surface area (TPSA) is 73.0 Å². The van der Waals surface area contributed by atoms with E-state index >= 15 is 0 Å². The third-order valence-corrected chi connectivity index (χ3v) is 6.11. The number of likely N-dealkylation sites (tertiary alicyclic amines) is 2. The maximum absolute atomic E-state index is 12.4. The van der Waals surface area contributed by atoms with Crippen LogP contribution in [0.5, 0.6) is 0 Å². The molecule has 0 aliphatic carbocycles. The van der Waals surface area contributed by atoms with Crippen LogP contribution in [0.1, 0.15) is 64.7 Å². The number of carbonyl (C=O) groups excluding carboxylic acids is 3. The monoisotopic (exact) mass is 394 g/mol. The Bertz CT molecular complexity index is 518. The first-order valence-corrected chi connectivity index (χ1v) is 11.0. The second-order valence-electron chi connectivity index (χ2n) is 8.07. The molecule has 28 heavy (non-hydrogen) atoms. The van der Waals surface area contributed by atoms with Gasteiger partial charge in [0.05, 0.1) is 0 Å². The lowest BCUT2D eigenvalue weighted by Crippen LogP contribution is -2.45. The van der Waals surface area contributed by atoms with Crippen molar-refractivity contribution in [2.75, 3.05) is 46.3 Å². The number of amides is 3. The Morgan fingerprint density at radius 3 is 2.57 bits per heavy atom. The SMILES string of the molecule is CCN1CCC(N(C)C(=O)CCC(=O)NCCCN2CCCCCC2=O)CC1. The molecule has 0 aromatic carbocycles. The summed E-state index contributed by atoms with van der Waals surface area (Å²) in [6.07, 6.45) is 7.13. The molecule has 2 heterocycles. The Labute approximate surface area is 169 Å². The highest BCUT2D eigenvalue weighted by molar-refractivity contribution is 5.83. The lowest BCUT2D eigenvalue weighted by molar-refractivity contribution is -0.135. The van der Waals surface area contributed by atoms with Crippen molar-refractivity contribution in [3.8, 4) is 0 Å². The van der Waals surface area contributed by atoms with Gasteiger partial charge in [0.15, 0.2) is 0 Å². The molecule has 0 bridgehead atoms. The van der Waals surface area contributed by atoms with Crippen molar-refractivity contribution >= 4 is 17.7 Å². The van der Waals surface area contributed by atoms with Crippen LogP contribution in [0.25, 0.3) is 0 Å². The minimum atomic E-state index is -0.0789. The maximum atomic E-state index is 12.4. The highest BCUT2D eigenvalue weighted by Gasteiger charge is 2.24. The van der Waals surface area contributed by atoms with E-state index in [0.717, 1.165) is 64.7 Å². The second-order valence-corrected chi connectivity index (χ2v) is 8.07. The van der Waals surface area contributed by atoms with E-state index in [4.69, 9.17) is 0 Å². The van der Waals surface area contributed by atoms with Crippen LogP contribution >= 0.6 is 0 Å². The van der Waals surface area contributed by atoms with E-state index in [1.807, 2.05) is 16.8 Å². The van der Waals surface area contributed by atoms with E-state index in [-0.39, 0.29) is 30.6 Å². The molecule has 7 heteroatoms. The molecule has 2 fully saturated rings. The van der Waals surface area contributed by atoms with E-state index < -0.39 is 0 Å². The summed E-state index contributed by atoms with van der Waals surface area (Å²) in [6, 6.07) is 0.296. The number of piperidine rings is 1. The summed E-state index contributed by atoms with van der Waals surface area (Å²) in [4.78, 5) is 42.5. The van der Waals surface area contributed by atoms with Crippen molar-refractivity contribution in [1.29, 1.82) is 0 Å². The minimum absolute atomic E-state index is 0.0558. The van der Waals surface area contributed by atoms with Gasteiger partial charge in [0.2, 0.25) is 17.7 Å². The van der Waals surface area contributed by atoms with Gasteiger partial charge in [0.25, 0.3) is 0 Å². The van der Waals surface area contributed by atoms with E-state index in [1.54, 1.807) is 0 Å². The highest BCUT2D eigenvalue weighted by Crippen LogP contribution is 2.16. The van der Waals surface area contributed by atoms with E-state index in [9.17, 15) is 14.4 Å². The lowest BCUT2D eigenvalue weighted by Gasteiger charge is -2.36. The van der Waals surface area contributed by atoms with E-state index in [2.05, 4.69) is 17.1 Å². The standard InChI is InChI=1S/C21H38N4O3/c1-3-24-16-11-18(12-17-24)23(2)20(27)10-9-19(26)22-13-7-15-25-14-6-4-5-8-21(25)28/h18H,3-17H2,1-2H3,(H,22,26). The Morgan fingerprint density at radius 1 is 1.11 bits per heavy atom. The molecule has 1 N–H and O–H groups in total. The highest BCUT2D eigenvalue weighted by atomic mass is 16.2. The fourth-order valence-corrected chi connectivity index (χ4v) is 4.08. The molecule has 0 radical (unpaired) electrons. The molecule has 3 amide bonds. The van der Waals surface area contributed by atoms with Crippen LogP contribution in [0.2, 0.25) is 0 Å². The van der Waals surface area contributed by atoms with Crippen molar-refractivity contribution in [1.82, 2.24) is 20.0 Å². The van der Waals surface area contributed by atoms with Gasteiger partial charge in [-0.05, 0) is 38.6 Å². The molecule has 0 spiro atoms. The molecule has 7 nitrogen and oxygen atoms in total. The number of rotatable bonds is 9. The molecule has 0 saturated carbocycles. The summed E-state index contributed by atoms with van der Waals surface area (Å²) in [5, 5.41) is 2.89. The van der Waals surface area contributed by atoms with Crippen molar-refractivity contribution in [2.45, 2.75) is 70.8 Å². The molecular formula is C21H38N4O3. The number of hydrogen-bond acceptors (Lipinski definition) is 4. The van der Waals surface area contributed by atoms with E-state index in [0.29, 0.717) is 25.6 Å². The molecule has 2 aliphatic heterocycles. The summed E-state index contributed by atoms with van der Waals surface area (Å²) in [5.41, 5.74) is 0. The Balaban J connectivity index is 1.57. The third-order valence-electron chi connectivity index (χ3n) is 6.11. The van der Waals surface area contributed by atoms with Crippen LogP contribution in [0.15, 0.2) is 0 Å². The van der Waals surface area contributed by atoms with Crippen LogP contribution in [0.3, 0.4) is 0 Å². The number of nitrogens with one attached hydrogen (secondary N) is 1. The smallest absolute Gasteiger partial charge is 0.223 e. The van der Waals surface area contributed by atoms with Gasteiger partial charge in [-0.15, -0.1) is 0 Å². The average Bonchev–Trinajstić information content (AvgIpc) is 2.93. The zero-order valence-corrected chi connectivity index (χ0v) is 17.8. The summed E-state index contributed by atoms with van der Waals surface area (Å²) in [7, 11) is 1.87. The molecule has 0 aromatic rings. The van der Waals surface area contributed by atoms with Gasteiger partial charge >= 0.3 is 0 Å².